The largest absolute Gasteiger partial charge is 0.384 e. The van der Waals surface area contributed by atoms with Gasteiger partial charge in [-0.25, -0.2) is 0 Å². The normalized spacial score (nSPS) is 14.6. The van der Waals surface area contributed by atoms with Crippen molar-refractivity contribution in [3.8, 4) is 0 Å². The van der Waals surface area contributed by atoms with Crippen LogP contribution in [-0.2, 0) is 12.0 Å². The van der Waals surface area contributed by atoms with Crippen LogP contribution in [0.3, 0.4) is 0 Å². The maximum absolute atomic E-state index is 10.5. The van der Waals surface area contributed by atoms with Crippen LogP contribution in [0, 0.1) is 6.92 Å². The number of benzene rings is 1. The third-order valence-electron chi connectivity index (χ3n) is 2.73. The van der Waals surface area contributed by atoms with Crippen LogP contribution in [-0.4, -0.2) is 5.11 Å². The topological polar surface area (TPSA) is 20.2 Å². The predicted molar refractivity (Wildman–Crippen MR) is 73.8 cm³/mol. The Morgan fingerprint density at radius 2 is 1.82 bits per heavy atom. The van der Waals surface area contributed by atoms with Gasteiger partial charge in [0.1, 0.15) is 0 Å². The lowest BCUT2D eigenvalue weighted by Crippen LogP contribution is -2.22. The quantitative estimate of drug-likeness (QED) is 0.884. The number of hydrogen-bond donors (Lipinski definition) is 1. The molecule has 1 atom stereocenters. The van der Waals surface area contributed by atoms with Crippen LogP contribution >= 0.6 is 22.9 Å². The van der Waals surface area contributed by atoms with Gasteiger partial charge in [-0.05, 0) is 43.7 Å². The van der Waals surface area contributed by atoms with E-state index in [2.05, 4.69) is 0 Å². The Labute approximate surface area is 111 Å². The van der Waals surface area contributed by atoms with E-state index in [0.29, 0.717) is 6.42 Å². The molecule has 0 aliphatic rings. The maximum Gasteiger partial charge on any atom is 0.1000 e. The molecule has 0 aliphatic carbocycles. The van der Waals surface area contributed by atoms with Crippen molar-refractivity contribution in [1.29, 1.82) is 0 Å². The van der Waals surface area contributed by atoms with Gasteiger partial charge in [-0.1, -0.05) is 23.7 Å². The van der Waals surface area contributed by atoms with E-state index in [9.17, 15) is 5.11 Å². The van der Waals surface area contributed by atoms with Gasteiger partial charge in [-0.2, -0.15) is 0 Å². The van der Waals surface area contributed by atoms with Gasteiger partial charge in [0.05, 0.1) is 5.60 Å². The summed E-state index contributed by atoms with van der Waals surface area (Å²) in [5, 5.41) is 11.2. The first-order chi connectivity index (χ1) is 7.97. The molecule has 0 spiro atoms. The van der Waals surface area contributed by atoms with Gasteiger partial charge < -0.3 is 5.11 Å². The van der Waals surface area contributed by atoms with E-state index >= 15 is 0 Å². The Hall–Kier alpha value is -0.830. The number of hydrogen-bond acceptors (Lipinski definition) is 2. The van der Waals surface area contributed by atoms with Gasteiger partial charge in [0.25, 0.3) is 0 Å². The van der Waals surface area contributed by atoms with Crippen LogP contribution in [0.5, 0.6) is 0 Å². The van der Waals surface area contributed by atoms with Crippen LogP contribution < -0.4 is 0 Å². The zero-order chi connectivity index (χ0) is 12.5. The number of aliphatic hydroxyl groups is 1. The molecule has 0 aliphatic heterocycles. The zero-order valence-electron chi connectivity index (χ0n) is 9.90. The second-order valence-corrected chi connectivity index (χ2v) is 6.21. The molecule has 0 amide bonds. The van der Waals surface area contributed by atoms with Gasteiger partial charge in [0.15, 0.2) is 0 Å². The molecular formula is C14H15ClOS. The minimum absolute atomic E-state index is 0.601. The van der Waals surface area contributed by atoms with Gasteiger partial charge >= 0.3 is 0 Å². The number of rotatable bonds is 3. The average molecular weight is 267 g/mol. The molecule has 0 saturated carbocycles. The van der Waals surface area contributed by atoms with Gasteiger partial charge in [-0.15, -0.1) is 11.3 Å². The highest BCUT2D eigenvalue weighted by Gasteiger charge is 2.25. The van der Waals surface area contributed by atoms with Crippen molar-refractivity contribution >= 4 is 22.9 Å². The highest BCUT2D eigenvalue weighted by atomic mass is 35.5. The SMILES string of the molecule is Cc1ccc(C(C)(O)Cc2ccc(Cl)cc2)s1. The molecule has 2 rings (SSSR count). The van der Waals surface area contributed by atoms with Crippen LogP contribution in [0.2, 0.25) is 5.02 Å². The highest BCUT2D eigenvalue weighted by Crippen LogP contribution is 2.31. The van der Waals surface area contributed by atoms with E-state index in [1.807, 2.05) is 50.2 Å². The van der Waals surface area contributed by atoms with Crippen LogP contribution in [0.1, 0.15) is 22.2 Å². The van der Waals surface area contributed by atoms with Crippen molar-refractivity contribution in [2.45, 2.75) is 25.9 Å². The summed E-state index contributed by atoms with van der Waals surface area (Å²) in [6.45, 7) is 3.90. The molecule has 90 valence electrons. The predicted octanol–water partition coefficient (Wildman–Crippen LogP) is 4.16. The Kier molecular flexibility index (Phi) is 3.57. The first-order valence-corrected chi connectivity index (χ1v) is 6.70. The lowest BCUT2D eigenvalue weighted by atomic mass is 9.95. The summed E-state index contributed by atoms with van der Waals surface area (Å²) in [6, 6.07) is 11.7. The third kappa shape index (κ3) is 3.09. The van der Waals surface area contributed by atoms with Crippen LogP contribution in [0.15, 0.2) is 36.4 Å². The van der Waals surface area contributed by atoms with Crippen molar-refractivity contribution in [3.05, 3.63) is 56.7 Å². The lowest BCUT2D eigenvalue weighted by Gasteiger charge is -2.22. The molecule has 1 aromatic carbocycles. The fourth-order valence-electron chi connectivity index (χ4n) is 1.81. The molecule has 1 N–H and O–H groups in total. The molecule has 1 aromatic heterocycles. The standard InChI is InChI=1S/C14H15ClOS/c1-10-3-8-13(17-10)14(2,16)9-11-4-6-12(15)7-5-11/h3-8,16H,9H2,1-2H3. The Morgan fingerprint density at radius 1 is 1.18 bits per heavy atom. The van der Waals surface area contributed by atoms with E-state index in [1.165, 1.54) is 4.88 Å². The molecule has 0 fully saturated rings. The molecule has 1 nitrogen and oxygen atoms in total. The van der Waals surface area contributed by atoms with Crippen LogP contribution in [0.25, 0.3) is 0 Å². The van der Waals surface area contributed by atoms with Gasteiger partial charge in [0, 0.05) is 21.2 Å². The summed E-state index contributed by atoms with van der Waals surface area (Å²) < 4.78 is 0. The van der Waals surface area contributed by atoms with Crippen LogP contribution in [0.4, 0.5) is 0 Å². The van der Waals surface area contributed by atoms with Crippen molar-refractivity contribution < 1.29 is 5.11 Å². The lowest BCUT2D eigenvalue weighted by molar-refractivity contribution is 0.0615. The monoisotopic (exact) mass is 266 g/mol. The first kappa shape index (κ1) is 12.6. The van der Waals surface area contributed by atoms with E-state index in [0.717, 1.165) is 15.5 Å². The molecule has 1 unspecified atom stereocenters. The first-order valence-electron chi connectivity index (χ1n) is 5.51. The average Bonchev–Trinajstić information content (AvgIpc) is 2.69. The zero-order valence-corrected chi connectivity index (χ0v) is 11.5. The Bertz CT molecular complexity index is 499. The van der Waals surface area contributed by atoms with E-state index in [1.54, 1.807) is 11.3 Å². The van der Waals surface area contributed by atoms with Crippen molar-refractivity contribution in [3.63, 3.8) is 0 Å². The van der Waals surface area contributed by atoms with Crippen molar-refractivity contribution in [1.82, 2.24) is 0 Å². The van der Waals surface area contributed by atoms with Gasteiger partial charge in [-0.3, -0.25) is 0 Å². The summed E-state index contributed by atoms with van der Waals surface area (Å²) in [4.78, 5) is 2.22. The van der Waals surface area contributed by atoms with Crippen molar-refractivity contribution in [2.24, 2.45) is 0 Å². The van der Waals surface area contributed by atoms with Crippen molar-refractivity contribution in [2.75, 3.05) is 0 Å². The summed E-state index contributed by atoms with van der Waals surface area (Å²) in [5.74, 6) is 0. The summed E-state index contributed by atoms with van der Waals surface area (Å²) >= 11 is 7.48. The molecule has 2 aromatic rings. The Balaban J connectivity index is 2.19. The molecule has 17 heavy (non-hydrogen) atoms. The number of halogens is 1. The second kappa shape index (κ2) is 4.81. The molecule has 0 radical (unpaired) electrons. The summed E-state index contributed by atoms with van der Waals surface area (Å²) in [6.07, 6.45) is 0.601. The fourth-order valence-corrected chi connectivity index (χ4v) is 2.85. The molecule has 1 heterocycles. The maximum atomic E-state index is 10.5. The van der Waals surface area contributed by atoms with E-state index in [-0.39, 0.29) is 0 Å². The minimum Gasteiger partial charge on any atom is -0.384 e. The summed E-state index contributed by atoms with van der Waals surface area (Å²) in [5.41, 5.74) is 0.276. The molecular weight excluding hydrogens is 252 g/mol. The molecule has 0 saturated heterocycles. The Morgan fingerprint density at radius 3 is 2.35 bits per heavy atom. The number of aryl methyl sites for hydroxylation is 1. The smallest absolute Gasteiger partial charge is 0.1000 e. The molecule has 0 bridgehead atoms. The number of thiophene rings is 1. The van der Waals surface area contributed by atoms with E-state index < -0.39 is 5.60 Å². The third-order valence-corrected chi connectivity index (χ3v) is 4.24. The fraction of sp³-hybridized carbons (Fsp3) is 0.286. The second-order valence-electron chi connectivity index (χ2n) is 4.49. The van der Waals surface area contributed by atoms with Gasteiger partial charge in [0.2, 0.25) is 0 Å². The molecule has 3 heteroatoms. The van der Waals surface area contributed by atoms with E-state index in [4.69, 9.17) is 11.6 Å². The summed E-state index contributed by atoms with van der Waals surface area (Å²) in [7, 11) is 0. The minimum atomic E-state index is -0.813. The highest BCUT2D eigenvalue weighted by molar-refractivity contribution is 7.12.